The number of aliphatic imine (C=N–C) groups is 1. The van der Waals surface area contributed by atoms with Crippen LogP contribution in [-0.2, 0) is 0 Å². The Morgan fingerprint density at radius 3 is 2.33 bits per heavy atom. The van der Waals surface area contributed by atoms with E-state index in [2.05, 4.69) is 62.2 Å². The van der Waals surface area contributed by atoms with E-state index in [4.69, 9.17) is 4.99 Å². The van der Waals surface area contributed by atoms with Crippen molar-refractivity contribution in [2.75, 3.05) is 11.9 Å². The summed E-state index contributed by atoms with van der Waals surface area (Å²) in [5, 5.41) is 0. The Hall–Kier alpha value is -2.09. The van der Waals surface area contributed by atoms with E-state index in [9.17, 15) is 0 Å². The number of rotatable bonds is 1. The Morgan fingerprint density at radius 1 is 0.905 bits per heavy atom. The fourth-order valence-corrected chi connectivity index (χ4v) is 3.25. The first-order valence-corrected chi connectivity index (χ1v) is 7.63. The fourth-order valence-electron chi connectivity index (χ4n) is 3.25. The van der Waals surface area contributed by atoms with Gasteiger partial charge in [0.2, 0.25) is 0 Å². The first-order chi connectivity index (χ1) is 10.2. The molecule has 0 unspecified atom stereocenters. The minimum absolute atomic E-state index is 0.442. The van der Waals surface area contributed by atoms with Gasteiger partial charge < -0.3 is 4.90 Å². The third kappa shape index (κ3) is 2.71. The molecule has 2 heteroatoms. The average Bonchev–Trinajstić information content (AvgIpc) is 2.60. The zero-order chi connectivity index (χ0) is 14.8. The zero-order valence-corrected chi connectivity index (χ0v) is 13.0. The predicted octanol–water partition coefficient (Wildman–Crippen LogP) is 5.00. The SMILES string of the molecule is C[C@H]1C[C@H](C)c2ccccc2N(C)C1=Nc1ccccc1. The van der Waals surface area contributed by atoms with Crippen molar-refractivity contribution in [3.63, 3.8) is 0 Å². The molecule has 1 heterocycles. The van der Waals surface area contributed by atoms with Crippen molar-refractivity contribution in [3.8, 4) is 0 Å². The van der Waals surface area contributed by atoms with Gasteiger partial charge in [-0.25, -0.2) is 4.99 Å². The van der Waals surface area contributed by atoms with E-state index < -0.39 is 0 Å². The van der Waals surface area contributed by atoms with Crippen molar-refractivity contribution in [1.82, 2.24) is 0 Å². The van der Waals surface area contributed by atoms with Gasteiger partial charge in [-0.2, -0.15) is 0 Å². The molecule has 0 amide bonds. The van der Waals surface area contributed by atoms with E-state index in [-0.39, 0.29) is 0 Å². The van der Waals surface area contributed by atoms with Gasteiger partial charge in [-0.05, 0) is 36.1 Å². The second-order valence-corrected chi connectivity index (χ2v) is 5.96. The molecule has 0 saturated heterocycles. The molecule has 1 aliphatic heterocycles. The standard InChI is InChI=1S/C19H22N2/c1-14-13-15(2)19(20-16-9-5-4-6-10-16)21(3)18-12-8-7-11-17(14)18/h4-12,14-15H,13H2,1-3H3/t14-,15-/m0/s1. The zero-order valence-electron chi connectivity index (χ0n) is 13.0. The van der Waals surface area contributed by atoms with Crippen molar-refractivity contribution in [2.24, 2.45) is 10.9 Å². The minimum atomic E-state index is 0.442. The lowest BCUT2D eigenvalue weighted by Crippen LogP contribution is -2.30. The molecule has 21 heavy (non-hydrogen) atoms. The second-order valence-electron chi connectivity index (χ2n) is 5.96. The summed E-state index contributed by atoms with van der Waals surface area (Å²) in [6, 6.07) is 18.9. The molecular weight excluding hydrogens is 256 g/mol. The van der Waals surface area contributed by atoms with Gasteiger partial charge in [0.15, 0.2) is 0 Å². The topological polar surface area (TPSA) is 15.6 Å². The monoisotopic (exact) mass is 278 g/mol. The first kappa shape index (κ1) is 13.9. The summed E-state index contributed by atoms with van der Waals surface area (Å²) in [4.78, 5) is 7.18. The van der Waals surface area contributed by atoms with Gasteiger partial charge in [-0.1, -0.05) is 50.2 Å². The van der Waals surface area contributed by atoms with Crippen LogP contribution < -0.4 is 4.90 Å². The molecule has 0 N–H and O–H groups in total. The molecule has 0 radical (unpaired) electrons. The van der Waals surface area contributed by atoms with E-state index in [0.717, 1.165) is 17.9 Å². The molecule has 2 aromatic rings. The van der Waals surface area contributed by atoms with Crippen molar-refractivity contribution in [3.05, 3.63) is 60.2 Å². The molecule has 2 nitrogen and oxygen atoms in total. The molecule has 2 atom stereocenters. The van der Waals surface area contributed by atoms with E-state index in [1.165, 1.54) is 11.3 Å². The van der Waals surface area contributed by atoms with Crippen LogP contribution in [0, 0.1) is 5.92 Å². The van der Waals surface area contributed by atoms with Gasteiger partial charge in [0.1, 0.15) is 5.84 Å². The van der Waals surface area contributed by atoms with Crippen LogP contribution in [0.15, 0.2) is 59.6 Å². The summed E-state index contributed by atoms with van der Waals surface area (Å²) in [5.74, 6) is 2.15. The fraction of sp³-hybridized carbons (Fsp3) is 0.316. The van der Waals surface area contributed by atoms with Crippen molar-refractivity contribution >= 4 is 17.2 Å². The highest BCUT2D eigenvalue weighted by molar-refractivity contribution is 6.01. The number of hydrogen-bond acceptors (Lipinski definition) is 1. The molecule has 0 spiro atoms. The molecule has 0 aliphatic carbocycles. The van der Waals surface area contributed by atoms with E-state index >= 15 is 0 Å². The Balaban J connectivity index is 2.07. The first-order valence-electron chi connectivity index (χ1n) is 7.63. The number of amidine groups is 1. The van der Waals surface area contributed by atoms with Crippen LogP contribution in [0.25, 0.3) is 0 Å². The molecule has 0 fully saturated rings. The number of hydrogen-bond donors (Lipinski definition) is 0. The van der Waals surface area contributed by atoms with Gasteiger partial charge in [0.25, 0.3) is 0 Å². The molecule has 1 aliphatic rings. The lowest BCUT2D eigenvalue weighted by Gasteiger charge is -2.24. The summed E-state index contributed by atoms with van der Waals surface area (Å²) < 4.78 is 0. The van der Waals surface area contributed by atoms with Crippen molar-refractivity contribution in [1.29, 1.82) is 0 Å². The van der Waals surface area contributed by atoms with Gasteiger partial charge in [-0.3, -0.25) is 0 Å². The summed E-state index contributed by atoms with van der Waals surface area (Å²) in [5.41, 5.74) is 3.73. The normalized spacial score (nSPS) is 23.8. The van der Waals surface area contributed by atoms with Gasteiger partial charge >= 0.3 is 0 Å². The van der Waals surface area contributed by atoms with Crippen LogP contribution >= 0.6 is 0 Å². The highest BCUT2D eigenvalue weighted by Gasteiger charge is 2.27. The number of anilines is 1. The lowest BCUT2D eigenvalue weighted by molar-refractivity contribution is 0.598. The van der Waals surface area contributed by atoms with Crippen LogP contribution in [0.3, 0.4) is 0 Å². The Labute approximate surface area is 127 Å². The number of para-hydroxylation sites is 2. The lowest BCUT2D eigenvalue weighted by atomic mass is 9.92. The minimum Gasteiger partial charge on any atom is -0.332 e. The molecule has 0 aromatic heterocycles. The average molecular weight is 278 g/mol. The maximum Gasteiger partial charge on any atom is 0.112 e. The maximum absolute atomic E-state index is 4.92. The summed E-state index contributed by atoms with van der Waals surface area (Å²) in [6.07, 6.45) is 1.13. The van der Waals surface area contributed by atoms with E-state index in [1.54, 1.807) is 0 Å². The molecular formula is C19H22N2. The van der Waals surface area contributed by atoms with E-state index in [1.807, 2.05) is 18.2 Å². The quantitative estimate of drug-likeness (QED) is 0.717. The Kier molecular flexibility index (Phi) is 3.78. The number of nitrogens with zero attached hydrogens (tertiary/aromatic N) is 2. The van der Waals surface area contributed by atoms with Crippen LogP contribution in [-0.4, -0.2) is 12.9 Å². The maximum atomic E-state index is 4.92. The second kappa shape index (κ2) is 5.72. The highest BCUT2D eigenvalue weighted by atomic mass is 15.2. The van der Waals surface area contributed by atoms with Crippen LogP contribution in [0.2, 0.25) is 0 Å². The van der Waals surface area contributed by atoms with E-state index in [0.29, 0.717) is 11.8 Å². The molecule has 0 saturated carbocycles. The predicted molar refractivity (Wildman–Crippen MR) is 90.6 cm³/mol. The summed E-state index contributed by atoms with van der Waals surface area (Å²) in [7, 11) is 2.13. The number of benzene rings is 2. The van der Waals surface area contributed by atoms with Crippen molar-refractivity contribution in [2.45, 2.75) is 26.2 Å². The molecule has 3 rings (SSSR count). The highest BCUT2D eigenvalue weighted by Crippen LogP contribution is 2.36. The van der Waals surface area contributed by atoms with Gasteiger partial charge in [0.05, 0.1) is 5.69 Å². The van der Waals surface area contributed by atoms with Gasteiger partial charge in [0, 0.05) is 18.7 Å². The Bertz CT molecular complexity index is 646. The Morgan fingerprint density at radius 2 is 1.57 bits per heavy atom. The molecule has 0 bridgehead atoms. The summed E-state index contributed by atoms with van der Waals surface area (Å²) >= 11 is 0. The van der Waals surface area contributed by atoms with Crippen molar-refractivity contribution < 1.29 is 0 Å². The molecule has 2 aromatic carbocycles. The third-order valence-electron chi connectivity index (χ3n) is 4.32. The summed E-state index contributed by atoms with van der Waals surface area (Å²) in [6.45, 7) is 4.59. The van der Waals surface area contributed by atoms with Gasteiger partial charge in [-0.15, -0.1) is 0 Å². The third-order valence-corrected chi connectivity index (χ3v) is 4.32. The number of fused-ring (bicyclic) bond motifs is 1. The van der Waals surface area contributed by atoms with Crippen LogP contribution in [0.4, 0.5) is 11.4 Å². The largest absolute Gasteiger partial charge is 0.332 e. The molecule has 108 valence electrons. The van der Waals surface area contributed by atoms with Crippen LogP contribution in [0.5, 0.6) is 0 Å². The smallest absolute Gasteiger partial charge is 0.112 e. The van der Waals surface area contributed by atoms with Crippen LogP contribution in [0.1, 0.15) is 31.7 Å².